The third-order valence-corrected chi connectivity index (χ3v) is 8.64. The molecule has 1 amide bonds. The number of aromatic nitrogens is 2. The number of thiazole rings is 1. The summed E-state index contributed by atoms with van der Waals surface area (Å²) >= 11 is 1.66. The lowest BCUT2D eigenvalue weighted by molar-refractivity contribution is -0.0506. The van der Waals surface area contributed by atoms with Crippen molar-refractivity contribution in [2.75, 3.05) is 18.0 Å². The van der Waals surface area contributed by atoms with E-state index in [1.54, 1.807) is 17.4 Å². The average Bonchev–Trinajstić information content (AvgIpc) is 3.33. The summed E-state index contributed by atoms with van der Waals surface area (Å²) in [6, 6.07) is 15.6. The first-order valence-electron chi connectivity index (χ1n) is 13.3. The molecule has 2 fully saturated rings. The second-order valence-electron chi connectivity index (χ2n) is 11.8. The van der Waals surface area contributed by atoms with Gasteiger partial charge in [0.15, 0.2) is 0 Å². The van der Waals surface area contributed by atoms with E-state index in [2.05, 4.69) is 28.1 Å². The van der Waals surface area contributed by atoms with E-state index in [1.165, 1.54) is 22.5 Å². The molecular weight excluding hydrogens is 499 g/mol. The smallest absolute Gasteiger partial charge is 0.410 e. The number of fused-ring (bicyclic) bond motifs is 2. The quantitative estimate of drug-likeness (QED) is 0.279. The number of carbonyl (C=O) groups is 1. The number of benzene rings is 2. The number of amides is 1. The molecule has 198 valence electrons. The highest BCUT2D eigenvalue weighted by atomic mass is 32.1. The van der Waals surface area contributed by atoms with Crippen LogP contribution in [0.3, 0.4) is 0 Å². The highest BCUT2D eigenvalue weighted by molar-refractivity contribution is 7.16. The predicted octanol–water partition coefficient (Wildman–Crippen LogP) is 7.17. The number of hydrogen-bond donors (Lipinski definition) is 0. The molecule has 2 aromatic carbocycles. The summed E-state index contributed by atoms with van der Waals surface area (Å²) in [5.74, 6) is -0.246. The monoisotopic (exact) mass is 532 g/mol. The fourth-order valence-corrected chi connectivity index (χ4v) is 6.63. The molecule has 0 N–H and O–H groups in total. The van der Waals surface area contributed by atoms with E-state index in [4.69, 9.17) is 9.72 Å². The normalized spacial score (nSPS) is 17.6. The minimum Gasteiger partial charge on any atom is -0.444 e. The Bertz CT molecular complexity index is 1480. The molecule has 6 rings (SSSR count). The van der Waals surface area contributed by atoms with Crippen LogP contribution in [0.15, 0.2) is 54.0 Å². The molecule has 3 heterocycles. The fourth-order valence-electron chi connectivity index (χ4n) is 5.92. The molecule has 6 nitrogen and oxygen atoms in total. The second kappa shape index (κ2) is 9.49. The minimum atomic E-state index is -0.470. The van der Waals surface area contributed by atoms with E-state index in [9.17, 15) is 9.18 Å². The highest BCUT2D eigenvalue weighted by Crippen LogP contribution is 2.46. The van der Waals surface area contributed by atoms with Gasteiger partial charge in [0.1, 0.15) is 11.4 Å². The molecule has 2 aliphatic rings. The van der Waals surface area contributed by atoms with Gasteiger partial charge < -0.3 is 14.5 Å². The van der Waals surface area contributed by atoms with Gasteiger partial charge in [-0.15, -0.1) is 11.3 Å². The zero-order valence-electron chi connectivity index (χ0n) is 22.1. The van der Waals surface area contributed by atoms with E-state index in [0.717, 1.165) is 60.9 Å². The number of pyridine rings is 1. The second-order valence-corrected chi connectivity index (χ2v) is 12.7. The van der Waals surface area contributed by atoms with Crippen molar-refractivity contribution >= 4 is 44.2 Å². The van der Waals surface area contributed by atoms with Gasteiger partial charge in [-0.3, -0.25) is 4.98 Å². The standard InChI is InChI=1S/C30H33FN4O2S/c1-29(2,3)37-28(36)34-17-30(18-34)12-10-23(11-13-30)35(24-7-9-26-27(15-24)38-19-32-26)16-22-6-4-20-14-21(31)5-8-25(20)33-22/h4-9,14-15,19,23H,10-13,16-18H2,1-3H3. The molecule has 0 atom stereocenters. The summed E-state index contributed by atoms with van der Waals surface area (Å²) in [5, 5.41) is 0.811. The van der Waals surface area contributed by atoms with Crippen LogP contribution < -0.4 is 4.90 Å². The fraction of sp³-hybridized carbons (Fsp3) is 0.433. The Morgan fingerprint density at radius 2 is 1.87 bits per heavy atom. The molecule has 1 saturated carbocycles. The van der Waals surface area contributed by atoms with Gasteiger partial charge in [0.2, 0.25) is 0 Å². The number of ether oxygens (including phenoxy) is 1. The van der Waals surface area contributed by atoms with Crippen molar-refractivity contribution in [2.45, 2.75) is 64.6 Å². The van der Waals surface area contributed by atoms with Gasteiger partial charge >= 0.3 is 6.09 Å². The van der Waals surface area contributed by atoms with Crippen LogP contribution in [0.4, 0.5) is 14.9 Å². The van der Waals surface area contributed by atoms with Crippen molar-refractivity contribution in [1.82, 2.24) is 14.9 Å². The predicted molar refractivity (Wildman–Crippen MR) is 150 cm³/mol. The summed E-state index contributed by atoms with van der Waals surface area (Å²) < 4.78 is 20.4. The van der Waals surface area contributed by atoms with Gasteiger partial charge in [-0.1, -0.05) is 6.07 Å². The molecule has 1 spiro atoms. The molecule has 38 heavy (non-hydrogen) atoms. The summed E-state index contributed by atoms with van der Waals surface area (Å²) in [4.78, 5) is 26.1. The number of likely N-dealkylation sites (tertiary alicyclic amines) is 1. The third-order valence-electron chi connectivity index (χ3n) is 7.85. The summed E-state index contributed by atoms with van der Waals surface area (Å²) in [6.45, 7) is 7.97. The Labute approximate surface area is 226 Å². The van der Waals surface area contributed by atoms with E-state index in [-0.39, 0.29) is 17.3 Å². The number of nitrogens with zero attached hydrogens (tertiary/aromatic N) is 4. The first-order chi connectivity index (χ1) is 18.2. The molecule has 2 aromatic heterocycles. The number of halogens is 1. The highest BCUT2D eigenvalue weighted by Gasteiger charge is 2.48. The van der Waals surface area contributed by atoms with Crippen molar-refractivity contribution in [3.05, 3.63) is 65.6 Å². The Kier molecular flexibility index (Phi) is 6.25. The summed E-state index contributed by atoms with van der Waals surface area (Å²) in [5.41, 5.74) is 5.58. The molecule has 0 bridgehead atoms. The van der Waals surface area contributed by atoms with Gasteiger partial charge in [0, 0.05) is 35.6 Å². The number of rotatable bonds is 4. The van der Waals surface area contributed by atoms with Gasteiger partial charge in [-0.2, -0.15) is 0 Å². The number of hydrogen-bond acceptors (Lipinski definition) is 6. The van der Waals surface area contributed by atoms with Gasteiger partial charge in [-0.05, 0) is 88.9 Å². The van der Waals surface area contributed by atoms with E-state index in [0.29, 0.717) is 12.6 Å². The van der Waals surface area contributed by atoms with Crippen LogP contribution in [0.25, 0.3) is 21.1 Å². The van der Waals surface area contributed by atoms with Crippen molar-refractivity contribution in [2.24, 2.45) is 5.41 Å². The van der Waals surface area contributed by atoms with Crippen molar-refractivity contribution < 1.29 is 13.9 Å². The zero-order chi connectivity index (χ0) is 26.5. The van der Waals surface area contributed by atoms with Gasteiger partial charge in [0.05, 0.1) is 33.5 Å². The van der Waals surface area contributed by atoms with E-state index < -0.39 is 5.60 Å². The molecule has 1 aliphatic heterocycles. The third kappa shape index (κ3) is 5.06. The SMILES string of the molecule is CC(C)(C)OC(=O)N1CC2(CCC(N(Cc3ccc4cc(F)ccc4n3)c3ccc4ncsc4c3)CC2)C1. The van der Waals surface area contributed by atoms with Crippen LogP contribution in [0.5, 0.6) is 0 Å². The number of carbonyl (C=O) groups excluding carboxylic acids is 1. The van der Waals surface area contributed by atoms with Gasteiger partial charge in [0.25, 0.3) is 0 Å². The molecule has 1 aliphatic carbocycles. The van der Waals surface area contributed by atoms with Crippen LogP contribution >= 0.6 is 11.3 Å². The maximum atomic E-state index is 13.7. The van der Waals surface area contributed by atoms with Crippen LogP contribution in [-0.2, 0) is 11.3 Å². The molecule has 0 unspecified atom stereocenters. The van der Waals surface area contributed by atoms with Crippen LogP contribution in [-0.4, -0.2) is 45.7 Å². The van der Waals surface area contributed by atoms with Crippen LogP contribution in [0.2, 0.25) is 0 Å². The summed E-state index contributed by atoms with van der Waals surface area (Å²) in [6.07, 6.45) is 4.08. The van der Waals surface area contributed by atoms with E-state index in [1.807, 2.05) is 43.3 Å². The Morgan fingerprint density at radius 1 is 1.11 bits per heavy atom. The van der Waals surface area contributed by atoms with Crippen molar-refractivity contribution in [3.63, 3.8) is 0 Å². The zero-order valence-corrected chi connectivity index (χ0v) is 22.9. The van der Waals surface area contributed by atoms with Crippen molar-refractivity contribution in [3.8, 4) is 0 Å². The first kappa shape index (κ1) is 25.0. The molecular formula is C30H33FN4O2S. The van der Waals surface area contributed by atoms with Crippen molar-refractivity contribution in [1.29, 1.82) is 0 Å². The summed E-state index contributed by atoms with van der Waals surface area (Å²) in [7, 11) is 0. The van der Waals surface area contributed by atoms with E-state index >= 15 is 0 Å². The molecule has 4 aromatic rings. The largest absolute Gasteiger partial charge is 0.444 e. The lowest BCUT2D eigenvalue weighted by Crippen LogP contribution is -2.61. The van der Waals surface area contributed by atoms with Crippen LogP contribution in [0, 0.1) is 11.2 Å². The topological polar surface area (TPSA) is 58.6 Å². The Balaban J connectivity index is 1.20. The molecule has 8 heteroatoms. The minimum absolute atomic E-state index is 0.200. The van der Waals surface area contributed by atoms with Gasteiger partial charge in [-0.25, -0.2) is 14.2 Å². The van der Waals surface area contributed by atoms with Crippen LogP contribution in [0.1, 0.15) is 52.1 Å². The number of anilines is 1. The molecule has 1 saturated heterocycles. The lowest BCUT2D eigenvalue weighted by atomic mass is 9.67. The average molecular weight is 533 g/mol. The Hall–Kier alpha value is -3.26. The first-order valence-corrected chi connectivity index (χ1v) is 14.2. The Morgan fingerprint density at radius 3 is 2.63 bits per heavy atom. The maximum Gasteiger partial charge on any atom is 0.410 e. The lowest BCUT2D eigenvalue weighted by Gasteiger charge is -2.54. The molecule has 0 radical (unpaired) electrons. The maximum absolute atomic E-state index is 13.7.